The van der Waals surface area contributed by atoms with Crippen molar-refractivity contribution in [3.05, 3.63) is 119 Å². The quantitative estimate of drug-likeness (QED) is 0.304. The first-order valence-electron chi connectivity index (χ1n) is 11.0. The van der Waals surface area contributed by atoms with Crippen molar-refractivity contribution in [3.8, 4) is 23.0 Å². The monoisotopic (exact) mass is 451 g/mol. The summed E-state index contributed by atoms with van der Waals surface area (Å²) in [5.41, 5.74) is 6.63. The SMILES string of the molecule is CN(Cc1ccc(CCC#Cc2ccc(-c3ccc(Cl)cc3)cn2)cc1)Cc1ccccn1. The fraction of sp³-hybridized carbons (Fsp3) is 0.172. The third kappa shape index (κ3) is 7.02. The molecule has 0 amide bonds. The Morgan fingerprint density at radius 1 is 0.788 bits per heavy atom. The van der Waals surface area contributed by atoms with Crippen molar-refractivity contribution in [1.29, 1.82) is 0 Å². The van der Waals surface area contributed by atoms with E-state index in [-0.39, 0.29) is 0 Å². The Balaban J connectivity index is 1.25. The molecule has 0 unspecified atom stereocenters. The van der Waals surface area contributed by atoms with Gasteiger partial charge in [-0.05, 0) is 66.4 Å². The van der Waals surface area contributed by atoms with E-state index in [1.807, 2.05) is 60.9 Å². The van der Waals surface area contributed by atoms with Crippen LogP contribution in [0.15, 0.2) is 91.3 Å². The van der Waals surface area contributed by atoms with Crippen LogP contribution in [-0.4, -0.2) is 21.9 Å². The summed E-state index contributed by atoms with van der Waals surface area (Å²) in [7, 11) is 2.12. The number of benzene rings is 2. The van der Waals surface area contributed by atoms with Crippen LogP contribution in [-0.2, 0) is 19.5 Å². The molecule has 0 aliphatic rings. The number of aromatic nitrogens is 2. The normalized spacial score (nSPS) is 10.6. The van der Waals surface area contributed by atoms with Crippen LogP contribution in [0.4, 0.5) is 0 Å². The first-order chi connectivity index (χ1) is 16.2. The van der Waals surface area contributed by atoms with Gasteiger partial charge in [-0.25, -0.2) is 4.98 Å². The lowest BCUT2D eigenvalue weighted by atomic mass is 10.1. The van der Waals surface area contributed by atoms with Gasteiger partial charge in [0.15, 0.2) is 0 Å². The number of rotatable bonds is 7. The van der Waals surface area contributed by atoms with Gasteiger partial charge in [-0.2, -0.15) is 0 Å². The van der Waals surface area contributed by atoms with Crippen LogP contribution >= 0.6 is 11.6 Å². The average Bonchev–Trinajstić information content (AvgIpc) is 2.84. The zero-order valence-electron chi connectivity index (χ0n) is 18.7. The van der Waals surface area contributed by atoms with E-state index in [1.54, 1.807) is 0 Å². The van der Waals surface area contributed by atoms with E-state index in [0.717, 1.165) is 53.5 Å². The molecule has 4 rings (SSSR count). The molecular formula is C29H26ClN3. The van der Waals surface area contributed by atoms with Crippen molar-refractivity contribution in [2.75, 3.05) is 7.05 Å². The van der Waals surface area contributed by atoms with Crippen LogP contribution in [0.25, 0.3) is 11.1 Å². The molecule has 0 aliphatic carbocycles. The maximum absolute atomic E-state index is 5.96. The molecule has 0 radical (unpaired) electrons. The summed E-state index contributed by atoms with van der Waals surface area (Å²) in [6.45, 7) is 1.74. The molecule has 0 fully saturated rings. The number of pyridine rings is 2. The molecule has 33 heavy (non-hydrogen) atoms. The summed E-state index contributed by atoms with van der Waals surface area (Å²) < 4.78 is 0. The molecule has 0 atom stereocenters. The number of aryl methyl sites for hydroxylation is 1. The van der Waals surface area contributed by atoms with E-state index < -0.39 is 0 Å². The molecule has 0 saturated carbocycles. The van der Waals surface area contributed by atoms with Gasteiger partial charge in [0.1, 0.15) is 5.69 Å². The van der Waals surface area contributed by atoms with E-state index >= 15 is 0 Å². The Hall–Kier alpha value is -3.45. The standard InChI is InChI=1S/C29H26ClN3/c1-33(22-29-8-4-5-19-31-29)21-24-11-9-23(10-12-24)6-2-3-7-28-18-15-26(20-32-28)25-13-16-27(30)17-14-25/h4-5,8-20H,2,6,21-22H2,1H3. The number of halogens is 1. The number of hydrogen-bond donors (Lipinski definition) is 0. The fourth-order valence-electron chi connectivity index (χ4n) is 3.59. The maximum Gasteiger partial charge on any atom is 0.113 e. The summed E-state index contributed by atoms with van der Waals surface area (Å²) >= 11 is 5.96. The molecule has 3 nitrogen and oxygen atoms in total. The highest BCUT2D eigenvalue weighted by Crippen LogP contribution is 2.20. The molecule has 2 aromatic heterocycles. The minimum absolute atomic E-state index is 0.733. The lowest BCUT2D eigenvalue weighted by molar-refractivity contribution is 0.315. The molecule has 4 heteroatoms. The summed E-state index contributed by atoms with van der Waals surface area (Å²) in [4.78, 5) is 11.1. The van der Waals surface area contributed by atoms with E-state index in [0.29, 0.717) is 0 Å². The van der Waals surface area contributed by atoms with E-state index in [2.05, 4.69) is 64.1 Å². The van der Waals surface area contributed by atoms with Crippen molar-refractivity contribution >= 4 is 11.6 Å². The molecule has 4 aromatic rings. The molecule has 0 bridgehead atoms. The van der Waals surface area contributed by atoms with Crippen molar-refractivity contribution in [3.63, 3.8) is 0 Å². The van der Waals surface area contributed by atoms with E-state index in [4.69, 9.17) is 11.6 Å². The fourth-order valence-corrected chi connectivity index (χ4v) is 3.71. The number of hydrogen-bond acceptors (Lipinski definition) is 3. The van der Waals surface area contributed by atoms with Gasteiger partial charge in [0.05, 0.1) is 5.69 Å². The smallest absolute Gasteiger partial charge is 0.113 e. The average molecular weight is 452 g/mol. The summed E-state index contributed by atoms with van der Waals surface area (Å²) in [6.07, 6.45) is 5.43. The summed E-state index contributed by atoms with van der Waals surface area (Å²) in [5, 5.41) is 0.733. The van der Waals surface area contributed by atoms with Crippen molar-refractivity contribution in [1.82, 2.24) is 14.9 Å². The van der Waals surface area contributed by atoms with Crippen LogP contribution in [0, 0.1) is 11.8 Å². The minimum atomic E-state index is 0.733. The van der Waals surface area contributed by atoms with Gasteiger partial charge in [0, 0.05) is 42.5 Å². The maximum atomic E-state index is 5.96. The molecule has 0 spiro atoms. The highest BCUT2D eigenvalue weighted by Gasteiger charge is 2.03. The lowest BCUT2D eigenvalue weighted by Gasteiger charge is -2.16. The lowest BCUT2D eigenvalue weighted by Crippen LogP contribution is -2.17. The molecule has 0 N–H and O–H groups in total. The summed E-state index contributed by atoms with van der Waals surface area (Å²) in [6, 6.07) is 26.6. The Labute approximate surface area is 201 Å². The third-order valence-electron chi connectivity index (χ3n) is 5.33. The van der Waals surface area contributed by atoms with Gasteiger partial charge in [-0.1, -0.05) is 66.1 Å². The molecule has 2 heterocycles. The Morgan fingerprint density at radius 3 is 2.24 bits per heavy atom. The van der Waals surface area contributed by atoms with Crippen molar-refractivity contribution < 1.29 is 0 Å². The highest BCUT2D eigenvalue weighted by molar-refractivity contribution is 6.30. The largest absolute Gasteiger partial charge is 0.296 e. The van der Waals surface area contributed by atoms with Gasteiger partial charge in [-0.15, -0.1) is 0 Å². The zero-order chi connectivity index (χ0) is 22.9. The van der Waals surface area contributed by atoms with Gasteiger partial charge < -0.3 is 0 Å². The highest BCUT2D eigenvalue weighted by atomic mass is 35.5. The van der Waals surface area contributed by atoms with Gasteiger partial charge >= 0.3 is 0 Å². The molecule has 0 saturated heterocycles. The predicted molar refractivity (Wildman–Crippen MR) is 136 cm³/mol. The van der Waals surface area contributed by atoms with Crippen molar-refractivity contribution in [2.45, 2.75) is 25.9 Å². The van der Waals surface area contributed by atoms with Crippen LogP contribution in [0.5, 0.6) is 0 Å². The topological polar surface area (TPSA) is 29.0 Å². The molecular weight excluding hydrogens is 426 g/mol. The Morgan fingerprint density at radius 2 is 1.55 bits per heavy atom. The van der Waals surface area contributed by atoms with Gasteiger partial charge in [0.2, 0.25) is 0 Å². The third-order valence-corrected chi connectivity index (χ3v) is 5.58. The zero-order valence-corrected chi connectivity index (χ0v) is 19.5. The van der Waals surface area contributed by atoms with Crippen LogP contribution < -0.4 is 0 Å². The molecule has 0 aliphatic heterocycles. The first-order valence-corrected chi connectivity index (χ1v) is 11.4. The van der Waals surface area contributed by atoms with E-state index in [1.165, 1.54) is 11.1 Å². The molecule has 164 valence electrons. The van der Waals surface area contributed by atoms with Crippen LogP contribution in [0.2, 0.25) is 5.02 Å². The molecule has 2 aromatic carbocycles. The second-order valence-electron chi connectivity index (χ2n) is 8.05. The van der Waals surface area contributed by atoms with Gasteiger partial charge in [-0.3, -0.25) is 9.88 Å². The second-order valence-corrected chi connectivity index (χ2v) is 8.49. The Kier molecular flexibility index (Phi) is 7.87. The Bertz CT molecular complexity index is 1210. The van der Waals surface area contributed by atoms with Crippen molar-refractivity contribution in [2.24, 2.45) is 0 Å². The van der Waals surface area contributed by atoms with Crippen LogP contribution in [0.1, 0.15) is 28.9 Å². The second kappa shape index (κ2) is 11.4. The summed E-state index contributed by atoms with van der Waals surface area (Å²) in [5.74, 6) is 6.41. The number of nitrogens with zero attached hydrogens (tertiary/aromatic N) is 3. The van der Waals surface area contributed by atoms with E-state index in [9.17, 15) is 0 Å². The first kappa shape index (κ1) is 22.7. The predicted octanol–water partition coefficient (Wildman–Crippen LogP) is 6.41. The van der Waals surface area contributed by atoms with Crippen LogP contribution in [0.3, 0.4) is 0 Å². The van der Waals surface area contributed by atoms with Gasteiger partial charge in [0.25, 0.3) is 0 Å². The minimum Gasteiger partial charge on any atom is -0.296 e.